The molecule has 108 valence electrons. The molecule has 1 fully saturated rings. The van der Waals surface area contributed by atoms with Crippen LogP contribution in [-0.4, -0.2) is 36.4 Å². The van der Waals surface area contributed by atoms with Crippen molar-refractivity contribution in [3.8, 4) is 0 Å². The van der Waals surface area contributed by atoms with Crippen LogP contribution in [-0.2, 0) is 27.5 Å². The van der Waals surface area contributed by atoms with Crippen molar-refractivity contribution in [2.45, 2.75) is 32.5 Å². The summed E-state index contributed by atoms with van der Waals surface area (Å²) in [6.45, 7) is 3.74. The van der Waals surface area contributed by atoms with Gasteiger partial charge >= 0.3 is 0 Å². The number of nitrogens with zero attached hydrogens (tertiary/aromatic N) is 1. The summed E-state index contributed by atoms with van der Waals surface area (Å²) >= 11 is 0. The predicted octanol–water partition coefficient (Wildman–Crippen LogP) is 1.07. The Balaban J connectivity index is 1.97. The van der Waals surface area contributed by atoms with E-state index in [1.807, 2.05) is 31.2 Å². The van der Waals surface area contributed by atoms with Gasteiger partial charge in [-0.3, -0.25) is 14.5 Å². The van der Waals surface area contributed by atoms with Crippen LogP contribution >= 0.6 is 0 Å². The van der Waals surface area contributed by atoms with E-state index >= 15 is 0 Å². The van der Waals surface area contributed by atoms with Gasteiger partial charge in [-0.25, -0.2) is 0 Å². The minimum atomic E-state index is -0.410. The van der Waals surface area contributed by atoms with E-state index in [1.54, 1.807) is 0 Å². The second-order valence-corrected chi connectivity index (χ2v) is 4.83. The van der Waals surface area contributed by atoms with E-state index < -0.39 is 6.04 Å². The molecule has 1 saturated heterocycles. The van der Waals surface area contributed by atoms with Gasteiger partial charge in [0.25, 0.3) is 0 Å². The Hall–Kier alpha value is -1.72. The molecule has 20 heavy (non-hydrogen) atoms. The molecule has 1 unspecified atom stereocenters. The van der Waals surface area contributed by atoms with Crippen molar-refractivity contribution in [3.05, 3.63) is 35.4 Å². The summed E-state index contributed by atoms with van der Waals surface area (Å²) in [7, 11) is 1.52. The third-order valence-electron chi connectivity index (χ3n) is 3.50. The van der Waals surface area contributed by atoms with Gasteiger partial charge in [0.05, 0.1) is 19.1 Å². The summed E-state index contributed by atoms with van der Waals surface area (Å²) in [6.07, 6.45) is 0.239. The first-order valence-electron chi connectivity index (χ1n) is 6.81. The zero-order chi connectivity index (χ0) is 14.5. The fraction of sp³-hybridized carbons (Fsp3) is 0.467. The van der Waals surface area contributed by atoms with Crippen molar-refractivity contribution >= 4 is 11.8 Å². The highest BCUT2D eigenvalue weighted by molar-refractivity contribution is 6.05. The first-order chi connectivity index (χ1) is 9.63. The summed E-state index contributed by atoms with van der Waals surface area (Å²) < 4.78 is 5.43. The Morgan fingerprint density at radius 1 is 1.30 bits per heavy atom. The van der Waals surface area contributed by atoms with Gasteiger partial charge in [-0.05, 0) is 18.1 Å². The fourth-order valence-corrected chi connectivity index (χ4v) is 2.23. The van der Waals surface area contributed by atoms with Gasteiger partial charge in [0, 0.05) is 20.2 Å². The lowest BCUT2D eigenvalue weighted by atomic mass is 10.1. The summed E-state index contributed by atoms with van der Waals surface area (Å²) in [5, 5.41) is 3.16. The van der Waals surface area contributed by atoms with E-state index in [2.05, 4.69) is 5.32 Å². The van der Waals surface area contributed by atoms with E-state index in [4.69, 9.17) is 4.74 Å². The zero-order valence-corrected chi connectivity index (χ0v) is 11.9. The molecule has 2 rings (SSSR count). The number of nitrogens with one attached hydrogen (secondary N) is 1. The molecule has 5 nitrogen and oxygen atoms in total. The van der Waals surface area contributed by atoms with E-state index in [9.17, 15) is 9.59 Å². The highest BCUT2D eigenvalue weighted by Crippen LogP contribution is 2.14. The third kappa shape index (κ3) is 3.23. The third-order valence-corrected chi connectivity index (χ3v) is 3.50. The lowest BCUT2D eigenvalue weighted by molar-refractivity contribution is -0.137. The number of likely N-dealkylation sites (N-methyl/N-ethyl adjacent to an activating group) is 1. The molecule has 1 aromatic carbocycles. The van der Waals surface area contributed by atoms with Crippen LogP contribution in [0.3, 0.4) is 0 Å². The first-order valence-corrected chi connectivity index (χ1v) is 6.81. The van der Waals surface area contributed by atoms with E-state index in [0.29, 0.717) is 19.8 Å². The number of ether oxygens (including phenoxy) is 1. The van der Waals surface area contributed by atoms with Crippen molar-refractivity contribution < 1.29 is 14.3 Å². The maximum atomic E-state index is 11.8. The molecule has 1 atom stereocenters. The molecule has 0 aromatic heterocycles. The van der Waals surface area contributed by atoms with Crippen molar-refractivity contribution in [2.24, 2.45) is 0 Å². The van der Waals surface area contributed by atoms with Gasteiger partial charge in [-0.15, -0.1) is 0 Å². The molecule has 0 radical (unpaired) electrons. The number of benzene rings is 1. The topological polar surface area (TPSA) is 58.6 Å². The molecule has 0 bridgehead atoms. The standard InChI is InChI=1S/C15H20N2O3/c1-3-20-10-12-7-5-4-6-11(12)9-16-13-8-14(18)17(2)15(13)19/h4-7,13,16H,3,8-10H2,1-2H3. The van der Waals surface area contributed by atoms with E-state index in [-0.39, 0.29) is 18.2 Å². The number of imide groups is 1. The maximum Gasteiger partial charge on any atom is 0.246 e. The number of carbonyl (C=O) groups is 2. The van der Waals surface area contributed by atoms with Crippen LogP contribution in [0.15, 0.2) is 24.3 Å². The number of hydrogen-bond acceptors (Lipinski definition) is 4. The van der Waals surface area contributed by atoms with Crippen molar-refractivity contribution in [1.29, 1.82) is 0 Å². The van der Waals surface area contributed by atoms with E-state index in [0.717, 1.165) is 11.1 Å². The van der Waals surface area contributed by atoms with Crippen LogP contribution in [0.1, 0.15) is 24.5 Å². The van der Waals surface area contributed by atoms with Crippen LogP contribution in [0.4, 0.5) is 0 Å². The Bertz CT molecular complexity index is 502. The number of hydrogen-bond donors (Lipinski definition) is 1. The van der Waals surface area contributed by atoms with Crippen LogP contribution in [0.5, 0.6) is 0 Å². The molecular formula is C15H20N2O3. The first kappa shape index (κ1) is 14.7. The molecule has 1 aliphatic heterocycles. The molecule has 1 N–H and O–H groups in total. The molecule has 0 spiro atoms. The largest absolute Gasteiger partial charge is 0.377 e. The second-order valence-electron chi connectivity index (χ2n) is 4.83. The average Bonchev–Trinajstić information content (AvgIpc) is 2.71. The molecule has 2 amide bonds. The zero-order valence-electron chi connectivity index (χ0n) is 11.9. The smallest absolute Gasteiger partial charge is 0.246 e. The van der Waals surface area contributed by atoms with Crippen molar-refractivity contribution in [2.75, 3.05) is 13.7 Å². The maximum absolute atomic E-state index is 11.8. The van der Waals surface area contributed by atoms with Gasteiger partial charge in [0.2, 0.25) is 11.8 Å². The summed E-state index contributed by atoms with van der Waals surface area (Å²) in [4.78, 5) is 24.5. The molecule has 0 saturated carbocycles. The molecule has 1 aliphatic rings. The number of likely N-dealkylation sites (tertiary alicyclic amines) is 1. The van der Waals surface area contributed by atoms with Gasteiger partial charge < -0.3 is 10.1 Å². The van der Waals surface area contributed by atoms with Crippen molar-refractivity contribution in [1.82, 2.24) is 10.2 Å². The predicted molar refractivity (Wildman–Crippen MR) is 74.8 cm³/mol. The minimum absolute atomic E-state index is 0.130. The number of amides is 2. The highest BCUT2D eigenvalue weighted by Gasteiger charge is 2.35. The Labute approximate surface area is 118 Å². The SMILES string of the molecule is CCOCc1ccccc1CNC1CC(=O)N(C)C1=O. The molecule has 1 aromatic rings. The summed E-state index contributed by atoms with van der Waals surface area (Å²) in [5.74, 6) is -0.285. The fourth-order valence-electron chi connectivity index (χ4n) is 2.23. The molecular weight excluding hydrogens is 256 g/mol. The quantitative estimate of drug-likeness (QED) is 0.790. The van der Waals surface area contributed by atoms with Gasteiger partial charge in [-0.1, -0.05) is 24.3 Å². The molecule has 5 heteroatoms. The summed E-state index contributed by atoms with van der Waals surface area (Å²) in [5.41, 5.74) is 2.20. The number of rotatable bonds is 6. The molecule has 1 heterocycles. The minimum Gasteiger partial charge on any atom is -0.377 e. The van der Waals surface area contributed by atoms with Crippen LogP contribution in [0.25, 0.3) is 0 Å². The van der Waals surface area contributed by atoms with Crippen LogP contribution < -0.4 is 5.32 Å². The Morgan fingerprint density at radius 2 is 2.00 bits per heavy atom. The number of carbonyl (C=O) groups excluding carboxylic acids is 2. The van der Waals surface area contributed by atoms with Gasteiger partial charge in [-0.2, -0.15) is 0 Å². The second kappa shape index (κ2) is 6.63. The van der Waals surface area contributed by atoms with Gasteiger partial charge in [0.15, 0.2) is 0 Å². The van der Waals surface area contributed by atoms with Crippen LogP contribution in [0, 0.1) is 0 Å². The normalized spacial score (nSPS) is 18.9. The average molecular weight is 276 g/mol. The van der Waals surface area contributed by atoms with E-state index in [1.165, 1.54) is 11.9 Å². The summed E-state index contributed by atoms with van der Waals surface area (Å²) in [6, 6.07) is 7.54. The van der Waals surface area contributed by atoms with Gasteiger partial charge in [0.1, 0.15) is 0 Å². The lowest BCUT2D eigenvalue weighted by Gasteiger charge is -2.13. The van der Waals surface area contributed by atoms with Crippen molar-refractivity contribution in [3.63, 3.8) is 0 Å². The monoisotopic (exact) mass is 276 g/mol. The van der Waals surface area contributed by atoms with Crippen LogP contribution in [0.2, 0.25) is 0 Å². The lowest BCUT2D eigenvalue weighted by Crippen LogP contribution is -2.36. The highest BCUT2D eigenvalue weighted by atomic mass is 16.5. The Kier molecular flexibility index (Phi) is 4.87. The Morgan fingerprint density at radius 3 is 2.60 bits per heavy atom. The molecule has 0 aliphatic carbocycles.